The Hall–Kier alpha value is -0.120. The molecule has 0 radical (unpaired) electrons. The molecule has 0 spiro atoms. The molecule has 2 N–H and O–H groups in total. The van der Waals surface area contributed by atoms with Crippen molar-refractivity contribution in [3.63, 3.8) is 0 Å². The molecular formula is C9H19NO2. The summed E-state index contributed by atoms with van der Waals surface area (Å²) < 4.78 is 0. The first-order valence-electron chi connectivity index (χ1n) is 4.70. The van der Waals surface area contributed by atoms with Crippen molar-refractivity contribution in [2.75, 3.05) is 26.2 Å². The molecule has 1 aliphatic rings. The first kappa shape index (κ1) is 9.96. The minimum Gasteiger partial charge on any atom is -0.396 e. The summed E-state index contributed by atoms with van der Waals surface area (Å²) in [5.41, 5.74) is -0.449. The summed E-state index contributed by atoms with van der Waals surface area (Å²) in [6, 6.07) is 0. The minimum absolute atomic E-state index is 0.271. The van der Waals surface area contributed by atoms with Crippen LogP contribution in [0.15, 0.2) is 0 Å². The number of piperidine rings is 1. The number of hydrogen-bond donors (Lipinski definition) is 2. The van der Waals surface area contributed by atoms with Crippen molar-refractivity contribution in [3.8, 4) is 0 Å². The van der Waals surface area contributed by atoms with Gasteiger partial charge in [-0.1, -0.05) is 0 Å². The maximum atomic E-state index is 9.64. The molecule has 0 bridgehead atoms. The molecule has 0 aromatic rings. The summed E-state index contributed by atoms with van der Waals surface area (Å²) in [4.78, 5) is 2.30. The molecule has 0 aromatic carbocycles. The number of nitrogens with zero attached hydrogens (tertiary/aromatic N) is 1. The van der Waals surface area contributed by atoms with Gasteiger partial charge in [0.05, 0.1) is 5.60 Å². The largest absolute Gasteiger partial charge is 0.396 e. The van der Waals surface area contributed by atoms with E-state index in [0.717, 1.165) is 38.9 Å². The van der Waals surface area contributed by atoms with Crippen LogP contribution in [0.25, 0.3) is 0 Å². The van der Waals surface area contributed by atoms with Crippen LogP contribution in [-0.4, -0.2) is 47.0 Å². The van der Waals surface area contributed by atoms with Gasteiger partial charge in [-0.2, -0.15) is 0 Å². The summed E-state index contributed by atoms with van der Waals surface area (Å²) >= 11 is 0. The molecule has 0 unspecified atom stereocenters. The smallest absolute Gasteiger partial charge is 0.0644 e. The van der Waals surface area contributed by atoms with Crippen molar-refractivity contribution in [3.05, 3.63) is 0 Å². The molecule has 12 heavy (non-hydrogen) atoms. The monoisotopic (exact) mass is 173 g/mol. The van der Waals surface area contributed by atoms with Gasteiger partial charge >= 0.3 is 0 Å². The number of hydrogen-bond acceptors (Lipinski definition) is 3. The fourth-order valence-corrected chi connectivity index (χ4v) is 1.55. The summed E-state index contributed by atoms with van der Waals surface area (Å²) in [6.07, 6.45) is 2.57. The lowest BCUT2D eigenvalue weighted by atomic mass is 9.94. The van der Waals surface area contributed by atoms with Crippen molar-refractivity contribution in [2.45, 2.75) is 31.8 Å². The third kappa shape index (κ3) is 3.09. The second-order valence-corrected chi connectivity index (χ2v) is 3.92. The van der Waals surface area contributed by atoms with Crippen molar-refractivity contribution in [2.24, 2.45) is 0 Å². The number of aliphatic hydroxyl groups is 2. The molecule has 3 heteroatoms. The van der Waals surface area contributed by atoms with Gasteiger partial charge in [0.2, 0.25) is 0 Å². The van der Waals surface area contributed by atoms with E-state index < -0.39 is 5.60 Å². The molecule has 3 nitrogen and oxygen atoms in total. The van der Waals surface area contributed by atoms with Crippen LogP contribution < -0.4 is 0 Å². The molecule has 0 saturated carbocycles. The predicted octanol–water partition coefficient (Wildman–Crippen LogP) is 0.216. The molecule has 0 aromatic heterocycles. The maximum absolute atomic E-state index is 9.64. The number of aliphatic hydroxyl groups excluding tert-OH is 1. The van der Waals surface area contributed by atoms with Crippen molar-refractivity contribution in [1.82, 2.24) is 4.90 Å². The highest BCUT2D eigenvalue weighted by Gasteiger charge is 2.26. The van der Waals surface area contributed by atoms with Crippen LogP contribution in [-0.2, 0) is 0 Å². The zero-order valence-corrected chi connectivity index (χ0v) is 7.79. The molecule has 1 saturated heterocycles. The predicted molar refractivity (Wildman–Crippen MR) is 48.0 cm³/mol. The molecule has 1 aliphatic heterocycles. The second kappa shape index (κ2) is 4.21. The van der Waals surface area contributed by atoms with Gasteiger partial charge in [-0.15, -0.1) is 0 Å². The Morgan fingerprint density at radius 1 is 1.33 bits per heavy atom. The van der Waals surface area contributed by atoms with Gasteiger partial charge in [0.1, 0.15) is 0 Å². The zero-order chi connectivity index (χ0) is 9.03. The van der Waals surface area contributed by atoms with E-state index in [9.17, 15) is 5.11 Å². The first-order chi connectivity index (χ1) is 5.64. The Morgan fingerprint density at radius 3 is 2.42 bits per heavy atom. The molecule has 0 atom stereocenters. The normalized spacial score (nSPS) is 24.2. The van der Waals surface area contributed by atoms with Crippen LogP contribution >= 0.6 is 0 Å². The van der Waals surface area contributed by atoms with Gasteiger partial charge in [-0.05, 0) is 26.2 Å². The van der Waals surface area contributed by atoms with E-state index in [4.69, 9.17) is 5.11 Å². The Labute approximate surface area is 74.0 Å². The highest BCUT2D eigenvalue weighted by atomic mass is 16.3. The van der Waals surface area contributed by atoms with Gasteiger partial charge in [-0.25, -0.2) is 0 Å². The van der Waals surface area contributed by atoms with Crippen LogP contribution in [0, 0.1) is 0 Å². The van der Waals surface area contributed by atoms with Crippen LogP contribution in [0.1, 0.15) is 26.2 Å². The molecule has 1 rings (SSSR count). The van der Waals surface area contributed by atoms with Gasteiger partial charge in [-0.3, -0.25) is 0 Å². The highest BCUT2D eigenvalue weighted by Crippen LogP contribution is 2.20. The molecule has 0 aliphatic carbocycles. The Kier molecular flexibility index (Phi) is 3.50. The lowest BCUT2D eigenvalue weighted by Crippen LogP contribution is -2.42. The van der Waals surface area contributed by atoms with E-state index in [1.807, 2.05) is 6.92 Å². The minimum atomic E-state index is -0.449. The van der Waals surface area contributed by atoms with Crippen molar-refractivity contribution >= 4 is 0 Å². The molecule has 1 fully saturated rings. The van der Waals surface area contributed by atoms with Crippen molar-refractivity contribution < 1.29 is 10.2 Å². The van der Waals surface area contributed by atoms with Gasteiger partial charge < -0.3 is 15.1 Å². The van der Waals surface area contributed by atoms with E-state index in [1.54, 1.807) is 0 Å². The highest BCUT2D eigenvalue weighted by molar-refractivity contribution is 4.81. The van der Waals surface area contributed by atoms with E-state index >= 15 is 0 Å². The molecule has 72 valence electrons. The molecule has 1 heterocycles. The fraction of sp³-hybridized carbons (Fsp3) is 1.00. The average molecular weight is 173 g/mol. The lowest BCUT2D eigenvalue weighted by Gasteiger charge is -2.35. The van der Waals surface area contributed by atoms with Crippen LogP contribution in [0.4, 0.5) is 0 Å². The second-order valence-electron chi connectivity index (χ2n) is 3.92. The summed E-state index contributed by atoms with van der Waals surface area (Å²) in [5.74, 6) is 0. The van der Waals surface area contributed by atoms with Crippen molar-refractivity contribution in [1.29, 1.82) is 0 Å². The summed E-state index contributed by atoms with van der Waals surface area (Å²) in [6.45, 7) is 5.07. The standard InChI is InChI=1S/C9H19NO2/c1-9(12)3-6-10(7-4-9)5-2-8-11/h11-12H,2-8H2,1H3. The van der Waals surface area contributed by atoms with Crippen LogP contribution in [0.5, 0.6) is 0 Å². The first-order valence-corrected chi connectivity index (χ1v) is 4.70. The third-order valence-corrected chi connectivity index (χ3v) is 2.57. The topological polar surface area (TPSA) is 43.7 Å². The van der Waals surface area contributed by atoms with E-state index in [2.05, 4.69) is 4.90 Å². The van der Waals surface area contributed by atoms with E-state index in [-0.39, 0.29) is 6.61 Å². The number of rotatable bonds is 3. The van der Waals surface area contributed by atoms with Crippen LogP contribution in [0.3, 0.4) is 0 Å². The summed E-state index contributed by atoms with van der Waals surface area (Å²) in [7, 11) is 0. The molecular weight excluding hydrogens is 154 g/mol. The summed E-state index contributed by atoms with van der Waals surface area (Å²) in [5, 5.41) is 18.3. The lowest BCUT2D eigenvalue weighted by molar-refractivity contribution is -0.00619. The Balaban J connectivity index is 2.18. The van der Waals surface area contributed by atoms with E-state index in [1.165, 1.54) is 0 Å². The number of likely N-dealkylation sites (tertiary alicyclic amines) is 1. The zero-order valence-electron chi connectivity index (χ0n) is 7.79. The maximum Gasteiger partial charge on any atom is 0.0644 e. The quantitative estimate of drug-likeness (QED) is 0.641. The van der Waals surface area contributed by atoms with Gasteiger partial charge in [0.15, 0.2) is 0 Å². The SMILES string of the molecule is CC1(O)CCN(CCCO)CC1. The van der Waals surface area contributed by atoms with E-state index in [0.29, 0.717) is 0 Å². The molecule has 0 amide bonds. The fourth-order valence-electron chi connectivity index (χ4n) is 1.55. The van der Waals surface area contributed by atoms with Gasteiger partial charge in [0.25, 0.3) is 0 Å². The average Bonchev–Trinajstić information content (AvgIpc) is 2.03. The van der Waals surface area contributed by atoms with Crippen LogP contribution in [0.2, 0.25) is 0 Å². The Bertz CT molecular complexity index is 126. The third-order valence-electron chi connectivity index (χ3n) is 2.57. The Morgan fingerprint density at radius 2 is 1.92 bits per heavy atom. The van der Waals surface area contributed by atoms with Gasteiger partial charge in [0, 0.05) is 26.2 Å².